The van der Waals surface area contributed by atoms with Gasteiger partial charge in [-0.2, -0.15) is 0 Å². The summed E-state index contributed by atoms with van der Waals surface area (Å²) in [7, 11) is 0. The molecular weight excluding hydrogens is 333 g/mol. The summed E-state index contributed by atoms with van der Waals surface area (Å²) in [6.45, 7) is 2.69. The van der Waals surface area contributed by atoms with E-state index in [4.69, 9.17) is 4.74 Å². The second-order valence-corrected chi connectivity index (χ2v) is 6.66. The predicted molar refractivity (Wildman–Crippen MR) is 95.8 cm³/mol. The minimum absolute atomic E-state index is 0.0198. The van der Waals surface area contributed by atoms with Gasteiger partial charge in [0.2, 0.25) is 5.91 Å². The minimum Gasteiger partial charge on any atom is -0.460 e. The monoisotopic (exact) mass is 355 g/mol. The highest BCUT2D eigenvalue weighted by molar-refractivity contribution is 5.84. The average molecular weight is 355 g/mol. The van der Waals surface area contributed by atoms with Gasteiger partial charge in [0.15, 0.2) is 0 Å². The molecule has 0 atom stereocenters. The maximum Gasteiger partial charge on any atom is 0.317 e. The Balaban J connectivity index is 1.78. The molecule has 2 aromatic rings. The van der Waals surface area contributed by atoms with Crippen molar-refractivity contribution in [3.05, 3.63) is 71.5 Å². The van der Waals surface area contributed by atoms with Crippen molar-refractivity contribution in [2.75, 3.05) is 13.1 Å². The summed E-state index contributed by atoms with van der Waals surface area (Å²) in [5, 5.41) is 0. The van der Waals surface area contributed by atoms with Crippen LogP contribution in [0.3, 0.4) is 0 Å². The summed E-state index contributed by atoms with van der Waals surface area (Å²) in [6, 6.07) is 15.5. The molecule has 1 fully saturated rings. The first-order valence-electron chi connectivity index (χ1n) is 8.74. The summed E-state index contributed by atoms with van der Waals surface area (Å²) in [4.78, 5) is 26.4. The number of amides is 1. The molecule has 5 heteroatoms. The Bertz CT molecular complexity index is 766. The van der Waals surface area contributed by atoms with Crippen molar-refractivity contribution in [2.45, 2.75) is 31.8 Å². The summed E-state index contributed by atoms with van der Waals surface area (Å²) in [5.41, 5.74) is 0.893. The fourth-order valence-electron chi connectivity index (χ4n) is 3.44. The number of benzene rings is 2. The fourth-order valence-corrected chi connectivity index (χ4v) is 3.44. The van der Waals surface area contributed by atoms with Gasteiger partial charge < -0.3 is 9.64 Å². The van der Waals surface area contributed by atoms with E-state index in [1.807, 2.05) is 30.3 Å². The second-order valence-electron chi connectivity index (χ2n) is 6.66. The minimum atomic E-state index is -0.757. The van der Waals surface area contributed by atoms with Crippen LogP contribution in [-0.2, 0) is 26.3 Å². The molecule has 0 N–H and O–H groups in total. The van der Waals surface area contributed by atoms with Gasteiger partial charge in [0.25, 0.3) is 0 Å². The van der Waals surface area contributed by atoms with Crippen molar-refractivity contribution in [3.63, 3.8) is 0 Å². The van der Waals surface area contributed by atoms with Crippen molar-refractivity contribution >= 4 is 11.9 Å². The highest BCUT2D eigenvalue weighted by atomic mass is 19.1. The van der Waals surface area contributed by atoms with Gasteiger partial charge in [0.05, 0.1) is 5.41 Å². The number of carbonyl (C=O) groups is 2. The zero-order chi connectivity index (χ0) is 18.6. The van der Waals surface area contributed by atoms with Crippen molar-refractivity contribution in [1.29, 1.82) is 0 Å². The molecule has 0 radical (unpaired) electrons. The molecule has 0 unspecified atom stereocenters. The first kappa shape index (κ1) is 18.1. The van der Waals surface area contributed by atoms with E-state index in [2.05, 4.69) is 0 Å². The Morgan fingerprint density at radius 2 is 1.65 bits per heavy atom. The van der Waals surface area contributed by atoms with Gasteiger partial charge in [-0.3, -0.25) is 9.59 Å². The molecule has 136 valence electrons. The smallest absolute Gasteiger partial charge is 0.317 e. The SMILES string of the molecule is CC(=O)N1CCC(C(=O)OCc2ccc(F)cc2)(c2ccccc2)CC1. The lowest BCUT2D eigenvalue weighted by Crippen LogP contribution is -2.49. The van der Waals surface area contributed by atoms with Gasteiger partial charge in [-0.25, -0.2) is 4.39 Å². The van der Waals surface area contributed by atoms with Crippen LogP contribution < -0.4 is 0 Å². The van der Waals surface area contributed by atoms with Gasteiger partial charge in [-0.1, -0.05) is 42.5 Å². The fraction of sp³-hybridized carbons (Fsp3) is 0.333. The molecule has 1 aliphatic rings. The number of hydrogen-bond acceptors (Lipinski definition) is 3. The van der Waals surface area contributed by atoms with Gasteiger partial charge in [-0.15, -0.1) is 0 Å². The number of piperidine rings is 1. The molecule has 2 aromatic carbocycles. The van der Waals surface area contributed by atoms with E-state index in [0.717, 1.165) is 11.1 Å². The molecule has 0 aromatic heterocycles. The highest BCUT2D eigenvalue weighted by Gasteiger charge is 2.44. The first-order chi connectivity index (χ1) is 12.5. The molecule has 0 saturated carbocycles. The number of hydrogen-bond donors (Lipinski definition) is 0. The molecule has 0 aliphatic carbocycles. The summed E-state index contributed by atoms with van der Waals surface area (Å²) < 4.78 is 18.6. The van der Waals surface area contributed by atoms with E-state index in [1.165, 1.54) is 12.1 Å². The van der Waals surface area contributed by atoms with E-state index in [0.29, 0.717) is 25.9 Å². The molecule has 4 nitrogen and oxygen atoms in total. The Kier molecular flexibility index (Phi) is 5.35. The number of nitrogens with zero attached hydrogens (tertiary/aromatic N) is 1. The lowest BCUT2D eigenvalue weighted by molar-refractivity contribution is -0.155. The molecule has 26 heavy (non-hydrogen) atoms. The van der Waals surface area contributed by atoms with Crippen LogP contribution in [0.1, 0.15) is 30.9 Å². The Morgan fingerprint density at radius 1 is 1.04 bits per heavy atom. The summed E-state index contributed by atoms with van der Waals surface area (Å²) in [6.07, 6.45) is 1.05. The molecule has 1 amide bonds. The lowest BCUT2D eigenvalue weighted by Gasteiger charge is -2.40. The van der Waals surface area contributed by atoms with Crippen LogP contribution in [0.2, 0.25) is 0 Å². The first-order valence-corrected chi connectivity index (χ1v) is 8.74. The van der Waals surface area contributed by atoms with Crippen LogP contribution in [0.25, 0.3) is 0 Å². The van der Waals surface area contributed by atoms with E-state index >= 15 is 0 Å². The normalized spacial score (nSPS) is 16.2. The van der Waals surface area contributed by atoms with Crippen LogP contribution in [0, 0.1) is 5.82 Å². The Morgan fingerprint density at radius 3 is 2.23 bits per heavy atom. The van der Waals surface area contributed by atoms with E-state index in [1.54, 1.807) is 24.0 Å². The maximum absolute atomic E-state index is 13.0. The van der Waals surface area contributed by atoms with Crippen molar-refractivity contribution in [3.8, 4) is 0 Å². The topological polar surface area (TPSA) is 46.6 Å². The zero-order valence-electron chi connectivity index (χ0n) is 14.8. The van der Waals surface area contributed by atoms with E-state index < -0.39 is 5.41 Å². The third-order valence-corrected chi connectivity index (χ3v) is 5.06. The van der Waals surface area contributed by atoms with Crippen LogP contribution in [0.15, 0.2) is 54.6 Å². The van der Waals surface area contributed by atoms with Crippen LogP contribution in [0.5, 0.6) is 0 Å². The number of esters is 1. The molecule has 3 rings (SSSR count). The largest absolute Gasteiger partial charge is 0.460 e. The number of halogens is 1. The second kappa shape index (κ2) is 7.68. The van der Waals surface area contributed by atoms with Gasteiger partial charge >= 0.3 is 5.97 Å². The maximum atomic E-state index is 13.0. The molecule has 1 saturated heterocycles. The molecule has 0 bridgehead atoms. The molecule has 0 spiro atoms. The van der Waals surface area contributed by atoms with Crippen molar-refractivity contribution in [2.24, 2.45) is 0 Å². The van der Waals surface area contributed by atoms with Crippen LogP contribution >= 0.6 is 0 Å². The number of carbonyl (C=O) groups excluding carboxylic acids is 2. The van der Waals surface area contributed by atoms with Crippen LogP contribution in [-0.4, -0.2) is 29.9 Å². The van der Waals surface area contributed by atoms with Crippen molar-refractivity contribution in [1.82, 2.24) is 4.90 Å². The third kappa shape index (κ3) is 3.77. The standard InChI is InChI=1S/C21H22FNO3/c1-16(24)23-13-11-21(12-14-23,18-5-3-2-4-6-18)20(25)26-15-17-7-9-19(22)10-8-17/h2-10H,11-15H2,1H3. The summed E-state index contributed by atoms with van der Waals surface area (Å²) in [5.74, 6) is -0.597. The highest BCUT2D eigenvalue weighted by Crippen LogP contribution is 2.37. The van der Waals surface area contributed by atoms with Gasteiger partial charge in [0, 0.05) is 20.0 Å². The van der Waals surface area contributed by atoms with Gasteiger partial charge in [-0.05, 0) is 36.1 Å². The molecular formula is C21H22FNO3. The molecule has 1 heterocycles. The number of likely N-dealkylation sites (tertiary alicyclic amines) is 1. The third-order valence-electron chi connectivity index (χ3n) is 5.06. The zero-order valence-corrected chi connectivity index (χ0v) is 14.8. The Hall–Kier alpha value is -2.69. The number of ether oxygens (including phenoxy) is 1. The number of rotatable bonds is 4. The average Bonchev–Trinajstić information content (AvgIpc) is 2.68. The Labute approximate surface area is 152 Å². The quantitative estimate of drug-likeness (QED) is 0.789. The summed E-state index contributed by atoms with van der Waals surface area (Å²) >= 11 is 0. The van der Waals surface area contributed by atoms with Crippen LogP contribution in [0.4, 0.5) is 4.39 Å². The van der Waals surface area contributed by atoms with E-state index in [9.17, 15) is 14.0 Å². The lowest BCUT2D eigenvalue weighted by atomic mass is 9.72. The van der Waals surface area contributed by atoms with Gasteiger partial charge in [0.1, 0.15) is 12.4 Å². The predicted octanol–water partition coefficient (Wildman–Crippen LogP) is 3.45. The molecule has 1 aliphatic heterocycles. The van der Waals surface area contributed by atoms with E-state index in [-0.39, 0.29) is 24.3 Å². The van der Waals surface area contributed by atoms with Crippen molar-refractivity contribution < 1.29 is 18.7 Å².